The van der Waals surface area contributed by atoms with Crippen LogP contribution in [-0.2, 0) is 9.59 Å². The summed E-state index contributed by atoms with van der Waals surface area (Å²) in [6.45, 7) is 0. The molecule has 98 valence electrons. The first kappa shape index (κ1) is 13.5. The van der Waals surface area contributed by atoms with Gasteiger partial charge < -0.3 is 5.11 Å². The summed E-state index contributed by atoms with van der Waals surface area (Å²) in [6, 6.07) is 15.5. The van der Waals surface area contributed by atoms with Gasteiger partial charge in [-0.2, -0.15) is 4.99 Å². The van der Waals surface area contributed by atoms with Crippen LogP contribution in [0.3, 0.4) is 0 Å². The lowest BCUT2D eigenvalue weighted by molar-refractivity contribution is -0.130. The number of hydrogen-bond donors (Lipinski definition) is 1. The van der Waals surface area contributed by atoms with Crippen molar-refractivity contribution in [3.63, 3.8) is 0 Å². The molecule has 0 heterocycles. The number of rotatable bonds is 4. The fraction of sp³-hybridized carbons (Fsp3) is 0. The van der Waals surface area contributed by atoms with Gasteiger partial charge in [0.2, 0.25) is 6.08 Å². The second-order valence-corrected chi connectivity index (χ2v) is 4.02. The van der Waals surface area contributed by atoms with Gasteiger partial charge in [0.15, 0.2) is 0 Å². The van der Waals surface area contributed by atoms with E-state index in [4.69, 9.17) is 0 Å². The third kappa shape index (κ3) is 3.28. The van der Waals surface area contributed by atoms with Gasteiger partial charge in [0.05, 0.1) is 11.3 Å². The number of carboxylic acids is 1. The zero-order chi connectivity index (χ0) is 14.4. The maximum absolute atomic E-state index is 11.3. The fourth-order valence-electron chi connectivity index (χ4n) is 1.75. The third-order valence-corrected chi connectivity index (χ3v) is 2.69. The van der Waals surface area contributed by atoms with Crippen LogP contribution in [0.15, 0.2) is 59.6 Å². The molecule has 0 saturated carbocycles. The molecular formula is C16H11NO3. The molecule has 0 atom stereocenters. The molecule has 0 saturated heterocycles. The molecule has 0 spiro atoms. The van der Waals surface area contributed by atoms with Crippen LogP contribution in [0.25, 0.3) is 11.6 Å². The second-order valence-electron chi connectivity index (χ2n) is 4.02. The first-order valence-corrected chi connectivity index (χ1v) is 5.89. The molecule has 1 N–H and O–H groups in total. The predicted octanol–water partition coefficient (Wildman–Crippen LogP) is 3.28. The summed E-state index contributed by atoms with van der Waals surface area (Å²) in [5, 5.41) is 9.29. The summed E-state index contributed by atoms with van der Waals surface area (Å²) >= 11 is 0. The smallest absolute Gasteiger partial charge is 0.336 e. The van der Waals surface area contributed by atoms with E-state index in [0.29, 0.717) is 11.3 Å². The zero-order valence-electron chi connectivity index (χ0n) is 10.5. The first-order chi connectivity index (χ1) is 9.70. The van der Waals surface area contributed by atoms with Crippen LogP contribution in [0, 0.1) is 0 Å². The van der Waals surface area contributed by atoms with Gasteiger partial charge in [-0.15, -0.1) is 0 Å². The minimum absolute atomic E-state index is 0.206. The number of aliphatic carboxylic acids is 1. The summed E-state index contributed by atoms with van der Waals surface area (Å²) in [5.41, 5.74) is 2.04. The highest BCUT2D eigenvalue weighted by atomic mass is 16.4. The molecule has 0 bridgehead atoms. The maximum atomic E-state index is 11.3. The van der Waals surface area contributed by atoms with Crippen LogP contribution < -0.4 is 0 Å². The maximum Gasteiger partial charge on any atom is 0.336 e. The molecule has 0 fully saturated rings. The van der Waals surface area contributed by atoms with Crippen molar-refractivity contribution in [1.82, 2.24) is 0 Å². The highest BCUT2D eigenvalue weighted by Crippen LogP contribution is 2.20. The van der Waals surface area contributed by atoms with Crippen LogP contribution >= 0.6 is 0 Å². The number of carboxylic acid groups (broad SMARTS) is 1. The van der Waals surface area contributed by atoms with E-state index in [9.17, 15) is 14.7 Å². The summed E-state index contributed by atoms with van der Waals surface area (Å²) in [7, 11) is 0. The van der Waals surface area contributed by atoms with Crippen molar-refractivity contribution < 1.29 is 14.7 Å². The Balaban J connectivity index is 2.39. The van der Waals surface area contributed by atoms with E-state index in [0.717, 1.165) is 5.56 Å². The van der Waals surface area contributed by atoms with E-state index in [1.54, 1.807) is 54.6 Å². The third-order valence-electron chi connectivity index (χ3n) is 2.69. The van der Waals surface area contributed by atoms with Gasteiger partial charge in [-0.05, 0) is 29.3 Å². The summed E-state index contributed by atoms with van der Waals surface area (Å²) in [4.78, 5) is 24.9. The molecule has 0 aliphatic carbocycles. The van der Waals surface area contributed by atoms with Crippen molar-refractivity contribution in [3.8, 4) is 0 Å². The van der Waals surface area contributed by atoms with Crippen molar-refractivity contribution >= 4 is 29.4 Å². The Bertz CT molecular complexity index is 681. The fourth-order valence-corrected chi connectivity index (χ4v) is 1.75. The molecule has 4 heteroatoms. The number of benzene rings is 2. The van der Waals surface area contributed by atoms with Crippen molar-refractivity contribution in [1.29, 1.82) is 0 Å². The molecule has 20 heavy (non-hydrogen) atoms. The summed E-state index contributed by atoms with van der Waals surface area (Å²) < 4.78 is 0. The highest BCUT2D eigenvalue weighted by Gasteiger charge is 2.09. The number of carbonyl (C=O) groups is 1. The Morgan fingerprint density at radius 2 is 1.70 bits per heavy atom. The summed E-state index contributed by atoms with van der Waals surface area (Å²) in [5.74, 6) is -0.994. The largest absolute Gasteiger partial charge is 0.478 e. The van der Waals surface area contributed by atoms with Crippen LogP contribution in [-0.4, -0.2) is 17.2 Å². The molecule has 2 rings (SSSR count). The van der Waals surface area contributed by atoms with Crippen molar-refractivity contribution in [2.24, 2.45) is 4.99 Å². The van der Waals surface area contributed by atoms with Gasteiger partial charge >= 0.3 is 5.97 Å². The van der Waals surface area contributed by atoms with Gasteiger partial charge in [0, 0.05) is 0 Å². The van der Waals surface area contributed by atoms with E-state index in [1.165, 1.54) is 6.08 Å². The van der Waals surface area contributed by atoms with E-state index >= 15 is 0 Å². The molecule has 0 amide bonds. The lowest BCUT2D eigenvalue weighted by Gasteiger charge is -2.03. The van der Waals surface area contributed by atoms with Crippen LogP contribution in [0.4, 0.5) is 5.69 Å². The summed E-state index contributed by atoms with van der Waals surface area (Å²) in [6.07, 6.45) is 3.03. The minimum Gasteiger partial charge on any atom is -0.478 e. The molecule has 0 unspecified atom stereocenters. The Morgan fingerprint density at radius 1 is 1.05 bits per heavy atom. The van der Waals surface area contributed by atoms with E-state index < -0.39 is 5.97 Å². The number of hydrogen-bond acceptors (Lipinski definition) is 3. The van der Waals surface area contributed by atoms with Gasteiger partial charge in [-0.25, -0.2) is 9.59 Å². The molecular weight excluding hydrogens is 254 g/mol. The monoisotopic (exact) mass is 265 g/mol. The Kier molecular flexibility index (Phi) is 4.22. The lowest BCUT2D eigenvalue weighted by atomic mass is 10.0. The lowest BCUT2D eigenvalue weighted by Crippen LogP contribution is -1.99. The van der Waals surface area contributed by atoms with Crippen LogP contribution in [0.2, 0.25) is 0 Å². The van der Waals surface area contributed by atoms with E-state index in [-0.39, 0.29) is 5.57 Å². The minimum atomic E-state index is -0.994. The van der Waals surface area contributed by atoms with Crippen LogP contribution in [0.1, 0.15) is 11.1 Å². The molecule has 0 radical (unpaired) electrons. The SMILES string of the molecule is O=C=Nc1ccc(C=C(C(=O)O)c2ccccc2)cc1. The predicted molar refractivity (Wildman–Crippen MR) is 76.2 cm³/mol. The number of nitrogens with zero attached hydrogens (tertiary/aromatic N) is 1. The topological polar surface area (TPSA) is 66.7 Å². The van der Waals surface area contributed by atoms with Crippen LogP contribution in [0.5, 0.6) is 0 Å². The number of isocyanates is 1. The second kappa shape index (κ2) is 6.27. The normalized spacial score (nSPS) is 10.7. The molecule has 0 aliphatic heterocycles. The van der Waals surface area contributed by atoms with E-state index in [2.05, 4.69) is 4.99 Å². The average Bonchev–Trinajstić information content (AvgIpc) is 2.47. The van der Waals surface area contributed by atoms with Gasteiger partial charge in [0.25, 0.3) is 0 Å². The molecule has 4 nitrogen and oxygen atoms in total. The molecule has 0 aromatic heterocycles. The molecule has 0 aliphatic rings. The molecule has 2 aromatic rings. The number of aliphatic imine (C=N–C) groups is 1. The zero-order valence-corrected chi connectivity index (χ0v) is 10.5. The standard InChI is InChI=1S/C16H11NO3/c18-11-17-14-8-6-12(7-9-14)10-15(16(19)20)13-4-2-1-3-5-13/h1-10H,(H,19,20). The van der Waals surface area contributed by atoms with Crippen molar-refractivity contribution in [2.75, 3.05) is 0 Å². The van der Waals surface area contributed by atoms with Crippen molar-refractivity contribution in [2.45, 2.75) is 0 Å². The van der Waals surface area contributed by atoms with Gasteiger partial charge in [-0.3, -0.25) is 0 Å². The number of carbonyl (C=O) groups excluding carboxylic acids is 1. The average molecular weight is 265 g/mol. The van der Waals surface area contributed by atoms with Gasteiger partial charge in [-0.1, -0.05) is 42.5 Å². The molecule has 2 aromatic carbocycles. The Hall–Kier alpha value is -2.97. The quantitative estimate of drug-likeness (QED) is 0.399. The highest BCUT2D eigenvalue weighted by molar-refractivity contribution is 6.20. The Morgan fingerprint density at radius 3 is 2.25 bits per heavy atom. The van der Waals surface area contributed by atoms with Crippen molar-refractivity contribution in [3.05, 3.63) is 65.7 Å². The first-order valence-electron chi connectivity index (χ1n) is 5.89. The Labute approximate surface area is 115 Å². The van der Waals surface area contributed by atoms with Gasteiger partial charge in [0.1, 0.15) is 0 Å². The van der Waals surface area contributed by atoms with E-state index in [1.807, 2.05) is 6.07 Å².